The van der Waals surface area contributed by atoms with Crippen LogP contribution in [0.5, 0.6) is 5.75 Å². The zero-order valence-corrected chi connectivity index (χ0v) is 19.3. The molecule has 2 aromatic carbocycles. The standard InChI is InChI=1S/C24H19ClN6O4/c1-34-18-9-7-15(8-10-18)13-26-20(32)14-31-24(33)30-11-3-6-19(22(30)28-31)23-27-21(29-35-23)16-4-2-5-17(25)12-16/h2-12H,13-14H2,1H3,(H,26,32). The van der Waals surface area contributed by atoms with Crippen LogP contribution >= 0.6 is 11.6 Å². The zero-order valence-electron chi connectivity index (χ0n) is 18.5. The first-order chi connectivity index (χ1) is 17.0. The fraction of sp³-hybridized carbons (Fsp3) is 0.125. The van der Waals surface area contributed by atoms with E-state index in [0.717, 1.165) is 16.0 Å². The second kappa shape index (κ2) is 9.43. The Morgan fingerprint density at radius 1 is 1.14 bits per heavy atom. The Labute approximate surface area is 203 Å². The average molecular weight is 491 g/mol. The van der Waals surface area contributed by atoms with Crippen LogP contribution in [0.3, 0.4) is 0 Å². The number of halogens is 1. The maximum absolute atomic E-state index is 12.8. The molecule has 0 aliphatic carbocycles. The Kier molecular flexibility index (Phi) is 6.02. The van der Waals surface area contributed by atoms with E-state index in [1.54, 1.807) is 43.6 Å². The zero-order chi connectivity index (χ0) is 24.4. The summed E-state index contributed by atoms with van der Waals surface area (Å²) in [5.41, 5.74) is 1.88. The van der Waals surface area contributed by atoms with E-state index in [1.165, 1.54) is 4.40 Å². The number of fused-ring (bicyclic) bond motifs is 1. The number of rotatable bonds is 7. The van der Waals surface area contributed by atoms with E-state index in [-0.39, 0.29) is 18.3 Å². The lowest BCUT2D eigenvalue weighted by Gasteiger charge is -2.06. The lowest BCUT2D eigenvalue weighted by molar-refractivity contribution is -0.122. The van der Waals surface area contributed by atoms with E-state index >= 15 is 0 Å². The van der Waals surface area contributed by atoms with Gasteiger partial charge in [-0.15, -0.1) is 5.10 Å². The molecule has 35 heavy (non-hydrogen) atoms. The van der Waals surface area contributed by atoms with Gasteiger partial charge >= 0.3 is 5.69 Å². The molecule has 3 heterocycles. The van der Waals surface area contributed by atoms with Crippen LogP contribution in [-0.4, -0.2) is 37.3 Å². The van der Waals surface area contributed by atoms with Crippen molar-refractivity contribution in [3.8, 4) is 28.6 Å². The SMILES string of the molecule is COc1ccc(CNC(=O)Cn2nc3c(-c4nc(-c5cccc(Cl)c5)no4)cccn3c2=O)cc1. The third kappa shape index (κ3) is 4.64. The van der Waals surface area contributed by atoms with Crippen molar-refractivity contribution in [1.82, 2.24) is 29.6 Å². The molecule has 0 aliphatic rings. The molecule has 0 aliphatic heterocycles. The second-order valence-electron chi connectivity index (χ2n) is 7.61. The van der Waals surface area contributed by atoms with Gasteiger partial charge in [-0.25, -0.2) is 13.9 Å². The van der Waals surface area contributed by atoms with Crippen molar-refractivity contribution in [3.63, 3.8) is 0 Å². The summed E-state index contributed by atoms with van der Waals surface area (Å²) in [5.74, 6) is 0.915. The second-order valence-corrected chi connectivity index (χ2v) is 8.05. The number of carbonyl (C=O) groups excluding carboxylic acids is 1. The first kappa shape index (κ1) is 22.4. The fourth-order valence-electron chi connectivity index (χ4n) is 3.52. The first-order valence-electron chi connectivity index (χ1n) is 10.6. The van der Waals surface area contributed by atoms with Gasteiger partial charge < -0.3 is 14.6 Å². The number of benzene rings is 2. The van der Waals surface area contributed by atoms with Crippen LogP contribution in [-0.2, 0) is 17.9 Å². The predicted octanol–water partition coefficient (Wildman–Crippen LogP) is 3.19. The van der Waals surface area contributed by atoms with Gasteiger partial charge in [-0.05, 0) is 42.0 Å². The van der Waals surface area contributed by atoms with Gasteiger partial charge in [0.25, 0.3) is 5.89 Å². The van der Waals surface area contributed by atoms with Crippen LogP contribution in [0, 0.1) is 0 Å². The Morgan fingerprint density at radius 2 is 1.97 bits per heavy atom. The monoisotopic (exact) mass is 490 g/mol. The molecule has 5 aromatic rings. The minimum atomic E-state index is -0.462. The summed E-state index contributed by atoms with van der Waals surface area (Å²) in [6.07, 6.45) is 1.56. The highest BCUT2D eigenvalue weighted by atomic mass is 35.5. The number of hydrogen-bond donors (Lipinski definition) is 1. The predicted molar refractivity (Wildman–Crippen MR) is 128 cm³/mol. The lowest BCUT2D eigenvalue weighted by atomic mass is 10.2. The Bertz CT molecular complexity index is 1570. The number of nitrogens with one attached hydrogen (secondary N) is 1. The molecule has 0 radical (unpaired) electrons. The first-order valence-corrected chi connectivity index (χ1v) is 11.0. The molecule has 0 saturated heterocycles. The van der Waals surface area contributed by atoms with Crippen LogP contribution in [0.25, 0.3) is 28.5 Å². The Morgan fingerprint density at radius 3 is 2.74 bits per heavy atom. The number of carbonyl (C=O) groups is 1. The van der Waals surface area contributed by atoms with Gasteiger partial charge in [0.1, 0.15) is 12.3 Å². The van der Waals surface area contributed by atoms with E-state index < -0.39 is 5.69 Å². The van der Waals surface area contributed by atoms with Crippen molar-refractivity contribution in [1.29, 1.82) is 0 Å². The lowest BCUT2D eigenvalue weighted by Crippen LogP contribution is -2.32. The van der Waals surface area contributed by atoms with Crippen LogP contribution in [0.1, 0.15) is 5.56 Å². The third-order valence-corrected chi connectivity index (χ3v) is 5.53. The number of amides is 1. The smallest absolute Gasteiger partial charge is 0.350 e. The molecule has 176 valence electrons. The van der Waals surface area contributed by atoms with E-state index in [0.29, 0.717) is 34.2 Å². The molecule has 5 rings (SSSR count). The van der Waals surface area contributed by atoms with Crippen LogP contribution in [0.2, 0.25) is 5.02 Å². The molecule has 0 saturated carbocycles. The largest absolute Gasteiger partial charge is 0.497 e. The van der Waals surface area contributed by atoms with E-state index in [2.05, 4.69) is 20.6 Å². The summed E-state index contributed by atoms with van der Waals surface area (Å²) in [6, 6.07) is 17.8. The van der Waals surface area contributed by atoms with Crippen molar-refractivity contribution in [2.45, 2.75) is 13.1 Å². The summed E-state index contributed by atoms with van der Waals surface area (Å²) in [7, 11) is 1.59. The minimum absolute atomic E-state index is 0.187. The number of ether oxygens (including phenoxy) is 1. The molecule has 11 heteroatoms. The van der Waals surface area contributed by atoms with Crippen molar-refractivity contribution < 1.29 is 14.1 Å². The van der Waals surface area contributed by atoms with E-state index in [9.17, 15) is 9.59 Å². The van der Waals surface area contributed by atoms with Gasteiger partial charge in [-0.1, -0.05) is 41.0 Å². The normalized spacial score (nSPS) is 11.0. The van der Waals surface area contributed by atoms with Gasteiger partial charge in [-0.3, -0.25) is 4.79 Å². The average Bonchev–Trinajstić information content (AvgIpc) is 3.48. The number of hydrogen-bond acceptors (Lipinski definition) is 7. The summed E-state index contributed by atoms with van der Waals surface area (Å²) in [5, 5.41) is 11.7. The van der Waals surface area contributed by atoms with Crippen LogP contribution in [0.15, 0.2) is 76.2 Å². The summed E-state index contributed by atoms with van der Waals surface area (Å²) < 4.78 is 13.0. The molecule has 1 amide bonds. The molecule has 1 N–H and O–H groups in total. The highest BCUT2D eigenvalue weighted by Crippen LogP contribution is 2.25. The highest BCUT2D eigenvalue weighted by molar-refractivity contribution is 6.30. The molecular weight excluding hydrogens is 472 g/mol. The molecule has 3 aromatic heterocycles. The van der Waals surface area contributed by atoms with E-state index in [1.807, 2.05) is 30.3 Å². The number of methoxy groups -OCH3 is 1. The van der Waals surface area contributed by atoms with Gasteiger partial charge in [0.15, 0.2) is 5.65 Å². The number of nitrogens with zero attached hydrogens (tertiary/aromatic N) is 5. The van der Waals surface area contributed by atoms with Crippen LogP contribution < -0.4 is 15.7 Å². The Balaban J connectivity index is 1.36. The molecule has 0 atom stereocenters. The highest BCUT2D eigenvalue weighted by Gasteiger charge is 2.18. The van der Waals surface area contributed by atoms with Crippen molar-refractivity contribution >= 4 is 23.2 Å². The van der Waals surface area contributed by atoms with Crippen molar-refractivity contribution in [2.24, 2.45) is 0 Å². The molecular formula is C24H19ClN6O4. The molecule has 0 bridgehead atoms. The molecule has 10 nitrogen and oxygen atoms in total. The van der Waals surface area contributed by atoms with Gasteiger partial charge in [0.2, 0.25) is 11.7 Å². The van der Waals surface area contributed by atoms with E-state index in [4.69, 9.17) is 20.9 Å². The maximum Gasteiger partial charge on any atom is 0.350 e. The summed E-state index contributed by atoms with van der Waals surface area (Å²) >= 11 is 6.05. The van der Waals surface area contributed by atoms with Crippen molar-refractivity contribution in [3.05, 3.63) is 87.9 Å². The molecule has 0 fully saturated rings. The maximum atomic E-state index is 12.8. The summed E-state index contributed by atoms with van der Waals surface area (Å²) in [4.78, 5) is 29.8. The summed E-state index contributed by atoms with van der Waals surface area (Å²) in [6.45, 7) is 0.0676. The van der Waals surface area contributed by atoms with Gasteiger partial charge in [0.05, 0.1) is 12.7 Å². The fourth-order valence-corrected chi connectivity index (χ4v) is 3.71. The quantitative estimate of drug-likeness (QED) is 0.372. The molecule has 0 spiro atoms. The topological polar surface area (TPSA) is 117 Å². The van der Waals surface area contributed by atoms with Crippen molar-refractivity contribution in [2.75, 3.05) is 7.11 Å². The number of pyridine rings is 1. The van der Waals surface area contributed by atoms with Crippen LogP contribution in [0.4, 0.5) is 0 Å². The Hall–Kier alpha value is -4.44. The number of aromatic nitrogens is 5. The molecule has 0 unspecified atom stereocenters. The van der Waals surface area contributed by atoms with Gasteiger partial charge in [-0.2, -0.15) is 4.98 Å². The third-order valence-electron chi connectivity index (χ3n) is 5.29. The van der Waals surface area contributed by atoms with Gasteiger partial charge in [0, 0.05) is 23.3 Å². The minimum Gasteiger partial charge on any atom is -0.497 e.